The van der Waals surface area contributed by atoms with E-state index in [1.54, 1.807) is 0 Å². The lowest BCUT2D eigenvalue weighted by molar-refractivity contribution is 1.19. The fraction of sp³-hybridized carbons (Fsp3) is 0. The van der Waals surface area contributed by atoms with Gasteiger partial charge in [-0.15, -0.1) is 0 Å². The zero-order chi connectivity index (χ0) is 42.4. The summed E-state index contributed by atoms with van der Waals surface area (Å²) in [6, 6.07) is 92.6. The number of aromatic nitrogens is 1. The van der Waals surface area contributed by atoms with E-state index in [1.807, 2.05) is 0 Å². The van der Waals surface area contributed by atoms with Gasteiger partial charge in [0.2, 0.25) is 0 Å². The largest absolute Gasteiger partial charge is 0.310 e. The minimum Gasteiger partial charge on any atom is -0.310 e. The molecule has 0 aliphatic rings. The molecule has 11 aromatic carbocycles. The summed E-state index contributed by atoms with van der Waals surface area (Å²) >= 11 is 0. The molecule has 2 heteroatoms. The second-order valence-electron chi connectivity index (χ2n) is 16.5. The lowest BCUT2D eigenvalue weighted by Gasteiger charge is -2.26. The zero-order valence-corrected chi connectivity index (χ0v) is 35.1. The van der Waals surface area contributed by atoms with Crippen LogP contribution in [0.5, 0.6) is 0 Å². The summed E-state index contributed by atoms with van der Waals surface area (Å²) in [4.78, 5) is 2.39. The second-order valence-corrected chi connectivity index (χ2v) is 16.5. The third-order valence-corrected chi connectivity index (χ3v) is 12.8. The molecule has 1 heterocycles. The first-order valence-electron chi connectivity index (χ1n) is 22.0. The highest BCUT2D eigenvalue weighted by Gasteiger charge is 2.20. The smallest absolute Gasteiger partial charge is 0.0619 e. The van der Waals surface area contributed by atoms with Crippen LogP contribution in [0.15, 0.2) is 255 Å². The maximum absolute atomic E-state index is 2.45. The molecular formula is C62H42N2. The van der Waals surface area contributed by atoms with Gasteiger partial charge in [-0.25, -0.2) is 0 Å². The van der Waals surface area contributed by atoms with E-state index in [4.69, 9.17) is 0 Å². The van der Waals surface area contributed by atoms with E-state index in [1.165, 1.54) is 82.3 Å². The van der Waals surface area contributed by atoms with Crippen LogP contribution in [0.2, 0.25) is 0 Å². The molecule has 0 aliphatic heterocycles. The van der Waals surface area contributed by atoms with E-state index in [0.29, 0.717) is 0 Å². The summed E-state index contributed by atoms with van der Waals surface area (Å²) in [5, 5.41) is 7.46. The van der Waals surface area contributed by atoms with Crippen molar-refractivity contribution in [3.63, 3.8) is 0 Å². The van der Waals surface area contributed by atoms with Gasteiger partial charge in [0.05, 0.1) is 11.0 Å². The number of rotatable bonds is 8. The van der Waals surface area contributed by atoms with E-state index in [-0.39, 0.29) is 0 Å². The van der Waals surface area contributed by atoms with E-state index in [2.05, 4.69) is 264 Å². The van der Waals surface area contributed by atoms with E-state index in [0.717, 1.165) is 28.3 Å². The van der Waals surface area contributed by atoms with Crippen molar-refractivity contribution in [3.05, 3.63) is 255 Å². The third kappa shape index (κ3) is 6.52. The third-order valence-electron chi connectivity index (χ3n) is 12.8. The average Bonchev–Trinajstić information content (AvgIpc) is 3.73. The van der Waals surface area contributed by atoms with Crippen LogP contribution in [0.3, 0.4) is 0 Å². The van der Waals surface area contributed by atoms with E-state index >= 15 is 0 Å². The maximum Gasteiger partial charge on any atom is 0.0619 e. The molecule has 0 atom stereocenters. The molecule has 0 amide bonds. The monoisotopic (exact) mass is 814 g/mol. The van der Waals surface area contributed by atoms with Gasteiger partial charge in [-0.1, -0.05) is 194 Å². The molecule has 12 rings (SSSR count). The highest BCUT2D eigenvalue weighted by molar-refractivity contribution is 6.22. The predicted octanol–water partition coefficient (Wildman–Crippen LogP) is 17.2. The molecule has 0 saturated heterocycles. The molecule has 0 unspecified atom stereocenters. The van der Waals surface area contributed by atoms with Crippen LogP contribution in [0.4, 0.5) is 17.1 Å². The van der Waals surface area contributed by atoms with Crippen molar-refractivity contribution >= 4 is 60.4 Å². The number of fused-ring (bicyclic) bond motifs is 6. The molecule has 0 saturated carbocycles. The van der Waals surface area contributed by atoms with Crippen LogP contribution in [-0.4, -0.2) is 4.57 Å². The fourth-order valence-corrected chi connectivity index (χ4v) is 9.75. The first kappa shape index (κ1) is 37.3. The lowest BCUT2D eigenvalue weighted by Crippen LogP contribution is -2.10. The number of para-hydroxylation sites is 1. The number of benzene rings is 11. The first-order chi connectivity index (χ1) is 31.7. The Morgan fingerprint density at radius 2 is 0.812 bits per heavy atom. The highest BCUT2D eigenvalue weighted by Crippen LogP contribution is 2.44. The Hall–Kier alpha value is -8.46. The molecule has 64 heavy (non-hydrogen) atoms. The molecule has 12 aromatic rings. The standard InChI is InChI=1S/C62H42N2/c1-3-15-43(16-4-1)48-20-11-21-49(41-48)44-31-36-52(37-32-44)63(53-38-33-47(34-39-53)56-28-13-19-45-17-7-9-26-55(45)56)54-25-12-22-50(42-54)57-29-14-30-60-61(57)59-40-35-46-18-8-10-27-58(46)62(59)64(60)51-23-5-2-6-24-51/h1-42H. The highest BCUT2D eigenvalue weighted by atomic mass is 15.1. The van der Waals surface area contributed by atoms with Crippen molar-refractivity contribution in [2.45, 2.75) is 0 Å². The SMILES string of the molecule is c1ccc(-c2cccc(-c3ccc(N(c4ccc(-c5cccc6ccccc56)cc4)c4cccc(-c5cccc6c5c5ccc7ccccc7c5n6-c5ccccc5)c4)cc3)c2)cc1. The van der Waals surface area contributed by atoms with Gasteiger partial charge in [0.25, 0.3) is 0 Å². The van der Waals surface area contributed by atoms with Gasteiger partial charge in [0.1, 0.15) is 0 Å². The number of hydrogen-bond acceptors (Lipinski definition) is 1. The summed E-state index contributed by atoms with van der Waals surface area (Å²) in [6.07, 6.45) is 0. The molecule has 2 nitrogen and oxygen atoms in total. The molecule has 1 aromatic heterocycles. The van der Waals surface area contributed by atoms with Gasteiger partial charge < -0.3 is 9.47 Å². The van der Waals surface area contributed by atoms with Gasteiger partial charge in [0, 0.05) is 38.9 Å². The van der Waals surface area contributed by atoms with Crippen molar-refractivity contribution in [2.75, 3.05) is 4.90 Å². The maximum atomic E-state index is 2.45. The van der Waals surface area contributed by atoms with Gasteiger partial charge >= 0.3 is 0 Å². The molecule has 0 fully saturated rings. The summed E-state index contributed by atoms with van der Waals surface area (Å²) in [5.74, 6) is 0. The summed E-state index contributed by atoms with van der Waals surface area (Å²) in [5.41, 5.74) is 16.4. The Balaban J connectivity index is 1.01. The van der Waals surface area contributed by atoms with Crippen molar-refractivity contribution in [2.24, 2.45) is 0 Å². The minimum absolute atomic E-state index is 1.09. The van der Waals surface area contributed by atoms with Crippen molar-refractivity contribution in [1.29, 1.82) is 0 Å². The van der Waals surface area contributed by atoms with Crippen LogP contribution >= 0.6 is 0 Å². The summed E-state index contributed by atoms with van der Waals surface area (Å²) < 4.78 is 2.45. The molecule has 0 N–H and O–H groups in total. The van der Waals surface area contributed by atoms with Crippen LogP contribution in [0, 0.1) is 0 Å². The van der Waals surface area contributed by atoms with Crippen LogP contribution in [-0.2, 0) is 0 Å². The lowest BCUT2D eigenvalue weighted by atomic mass is 9.97. The Morgan fingerprint density at radius 1 is 0.281 bits per heavy atom. The van der Waals surface area contributed by atoms with Gasteiger partial charge in [-0.3, -0.25) is 0 Å². The minimum atomic E-state index is 1.09. The Bertz CT molecular complexity index is 3640. The Morgan fingerprint density at radius 3 is 1.56 bits per heavy atom. The number of nitrogens with zero attached hydrogens (tertiary/aromatic N) is 2. The van der Waals surface area contributed by atoms with Gasteiger partial charge in [0.15, 0.2) is 0 Å². The summed E-state index contributed by atoms with van der Waals surface area (Å²) in [6.45, 7) is 0. The average molecular weight is 815 g/mol. The van der Waals surface area contributed by atoms with Crippen molar-refractivity contribution < 1.29 is 0 Å². The predicted molar refractivity (Wildman–Crippen MR) is 272 cm³/mol. The van der Waals surface area contributed by atoms with E-state index in [9.17, 15) is 0 Å². The van der Waals surface area contributed by atoms with E-state index < -0.39 is 0 Å². The second kappa shape index (κ2) is 15.8. The van der Waals surface area contributed by atoms with Crippen LogP contribution in [0.25, 0.3) is 93.5 Å². The molecule has 300 valence electrons. The first-order valence-corrected chi connectivity index (χ1v) is 22.0. The van der Waals surface area contributed by atoms with Crippen molar-refractivity contribution in [3.8, 4) is 50.2 Å². The fourth-order valence-electron chi connectivity index (χ4n) is 9.75. The van der Waals surface area contributed by atoms with Gasteiger partial charge in [-0.05, 0) is 121 Å². The van der Waals surface area contributed by atoms with Crippen LogP contribution < -0.4 is 4.90 Å². The normalized spacial score (nSPS) is 11.4. The molecule has 0 spiro atoms. The molecular weight excluding hydrogens is 773 g/mol. The Labute approximate surface area is 373 Å². The molecule has 0 radical (unpaired) electrons. The quantitative estimate of drug-likeness (QED) is 0.148. The summed E-state index contributed by atoms with van der Waals surface area (Å²) in [7, 11) is 0. The number of anilines is 3. The number of hydrogen-bond donors (Lipinski definition) is 0. The van der Waals surface area contributed by atoms with Crippen LogP contribution in [0.1, 0.15) is 0 Å². The Kier molecular flexibility index (Phi) is 9.20. The topological polar surface area (TPSA) is 8.17 Å². The van der Waals surface area contributed by atoms with Gasteiger partial charge in [-0.2, -0.15) is 0 Å². The molecule has 0 aliphatic carbocycles. The van der Waals surface area contributed by atoms with Crippen molar-refractivity contribution in [1.82, 2.24) is 4.57 Å². The zero-order valence-electron chi connectivity index (χ0n) is 35.1. The molecule has 0 bridgehead atoms.